The number of sulfonamides is 1. The summed E-state index contributed by atoms with van der Waals surface area (Å²) in [5, 5.41) is 3.31. The third-order valence-electron chi connectivity index (χ3n) is 3.00. The molecule has 0 spiro atoms. The maximum absolute atomic E-state index is 11.1. The van der Waals surface area contributed by atoms with E-state index in [1.807, 2.05) is 12.1 Å². The SMILES string of the molecule is CC(C)C(CN)CNc1ccc(NS(C)(=O)=O)cc1. The average molecular weight is 285 g/mol. The van der Waals surface area contributed by atoms with Gasteiger partial charge in [0.25, 0.3) is 0 Å². The third kappa shape index (κ3) is 5.94. The maximum Gasteiger partial charge on any atom is 0.229 e. The summed E-state index contributed by atoms with van der Waals surface area (Å²) in [5.41, 5.74) is 7.23. The maximum atomic E-state index is 11.1. The van der Waals surface area contributed by atoms with Crippen molar-refractivity contribution in [2.45, 2.75) is 13.8 Å². The van der Waals surface area contributed by atoms with Gasteiger partial charge < -0.3 is 11.1 Å². The van der Waals surface area contributed by atoms with Gasteiger partial charge in [0.1, 0.15) is 0 Å². The number of hydrogen-bond donors (Lipinski definition) is 3. The van der Waals surface area contributed by atoms with Gasteiger partial charge >= 0.3 is 0 Å². The van der Waals surface area contributed by atoms with Crippen LogP contribution in [0.25, 0.3) is 0 Å². The summed E-state index contributed by atoms with van der Waals surface area (Å²) >= 11 is 0. The predicted octanol–water partition coefficient (Wildman–Crippen LogP) is 1.70. The molecule has 0 aromatic heterocycles. The summed E-state index contributed by atoms with van der Waals surface area (Å²) in [6.07, 6.45) is 1.13. The second kappa shape index (κ2) is 6.77. The van der Waals surface area contributed by atoms with E-state index in [9.17, 15) is 8.42 Å². The van der Waals surface area contributed by atoms with Crippen LogP contribution < -0.4 is 15.8 Å². The largest absolute Gasteiger partial charge is 0.385 e. The van der Waals surface area contributed by atoms with Gasteiger partial charge in [-0.3, -0.25) is 4.72 Å². The number of rotatable bonds is 7. The van der Waals surface area contributed by atoms with Crippen molar-refractivity contribution in [2.75, 3.05) is 29.4 Å². The molecule has 0 heterocycles. The van der Waals surface area contributed by atoms with E-state index in [1.54, 1.807) is 12.1 Å². The highest BCUT2D eigenvalue weighted by atomic mass is 32.2. The molecule has 0 amide bonds. The summed E-state index contributed by atoms with van der Waals surface area (Å²) in [5.74, 6) is 0.956. The second-order valence-electron chi connectivity index (χ2n) is 5.07. The van der Waals surface area contributed by atoms with Crippen molar-refractivity contribution in [3.05, 3.63) is 24.3 Å². The van der Waals surface area contributed by atoms with Crippen LogP contribution in [0, 0.1) is 11.8 Å². The monoisotopic (exact) mass is 285 g/mol. The topological polar surface area (TPSA) is 84.2 Å². The van der Waals surface area contributed by atoms with E-state index in [2.05, 4.69) is 23.9 Å². The van der Waals surface area contributed by atoms with Gasteiger partial charge in [-0.25, -0.2) is 8.42 Å². The van der Waals surface area contributed by atoms with Gasteiger partial charge in [0, 0.05) is 17.9 Å². The standard InChI is InChI=1S/C13H23N3O2S/c1-10(2)11(8-14)9-15-12-4-6-13(7-5-12)16-19(3,17)18/h4-7,10-11,15-16H,8-9,14H2,1-3H3. The average Bonchev–Trinajstić information content (AvgIpc) is 2.29. The van der Waals surface area contributed by atoms with Crippen LogP contribution in [0.1, 0.15) is 13.8 Å². The lowest BCUT2D eigenvalue weighted by Crippen LogP contribution is -2.27. The predicted molar refractivity (Wildman–Crippen MR) is 80.8 cm³/mol. The lowest BCUT2D eigenvalue weighted by Gasteiger charge is -2.20. The van der Waals surface area contributed by atoms with E-state index in [-0.39, 0.29) is 0 Å². The van der Waals surface area contributed by atoms with E-state index < -0.39 is 10.0 Å². The smallest absolute Gasteiger partial charge is 0.229 e. The highest BCUT2D eigenvalue weighted by molar-refractivity contribution is 7.92. The van der Waals surface area contributed by atoms with Crippen LogP contribution >= 0.6 is 0 Å². The van der Waals surface area contributed by atoms with Crippen molar-refractivity contribution in [1.82, 2.24) is 0 Å². The fourth-order valence-corrected chi connectivity index (χ4v) is 2.27. The van der Waals surface area contributed by atoms with Crippen LogP contribution in [0.2, 0.25) is 0 Å². The Morgan fingerprint density at radius 2 is 1.68 bits per heavy atom. The molecule has 1 aromatic carbocycles. The van der Waals surface area contributed by atoms with E-state index in [1.165, 1.54) is 0 Å². The van der Waals surface area contributed by atoms with E-state index in [0.717, 1.165) is 18.5 Å². The lowest BCUT2D eigenvalue weighted by atomic mass is 9.96. The molecular weight excluding hydrogens is 262 g/mol. The zero-order valence-corrected chi connectivity index (χ0v) is 12.5. The minimum atomic E-state index is -3.22. The van der Waals surface area contributed by atoms with E-state index >= 15 is 0 Å². The van der Waals surface area contributed by atoms with Gasteiger partial charge in [0.15, 0.2) is 0 Å². The fourth-order valence-electron chi connectivity index (χ4n) is 1.71. The summed E-state index contributed by atoms with van der Waals surface area (Å²) in [4.78, 5) is 0. The number of nitrogens with two attached hydrogens (primary N) is 1. The Bertz CT molecular complexity index is 483. The molecule has 0 bridgehead atoms. The summed E-state index contributed by atoms with van der Waals surface area (Å²) in [6, 6.07) is 7.16. The van der Waals surface area contributed by atoms with Crippen LogP contribution in [0.15, 0.2) is 24.3 Å². The van der Waals surface area contributed by atoms with E-state index in [0.29, 0.717) is 24.1 Å². The van der Waals surface area contributed by atoms with E-state index in [4.69, 9.17) is 5.73 Å². The molecule has 0 aliphatic rings. The normalized spacial score (nSPS) is 13.3. The molecule has 0 fully saturated rings. The first-order valence-electron chi connectivity index (χ1n) is 6.33. The number of hydrogen-bond acceptors (Lipinski definition) is 4. The van der Waals surface area contributed by atoms with Gasteiger partial charge in [-0.1, -0.05) is 13.8 Å². The van der Waals surface area contributed by atoms with Crippen LogP contribution in [0.3, 0.4) is 0 Å². The molecule has 5 nitrogen and oxygen atoms in total. The molecule has 0 aliphatic heterocycles. The first-order valence-corrected chi connectivity index (χ1v) is 8.22. The molecule has 1 rings (SSSR count). The van der Waals surface area contributed by atoms with Crippen LogP contribution in [0.5, 0.6) is 0 Å². The first kappa shape index (κ1) is 15.8. The highest BCUT2D eigenvalue weighted by Crippen LogP contribution is 2.16. The van der Waals surface area contributed by atoms with Crippen LogP contribution in [-0.2, 0) is 10.0 Å². The zero-order valence-electron chi connectivity index (χ0n) is 11.7. The van der Waals surface area contributed by atoms with Gasteiger partial charge in [-0.05, 0) is 42.6 Å². The lowest BCUT2D eigenvalue weighted by molar-refractivity contribution is 0.413. The molecule has 0 saturated carbocycles. The Morgan fingerprint density at radius 3 is 2.11 bits per heavy atom. The van der Waals surface area contributed by atoms with Gasteiger partial charge in [0.2, 0.25) is 10.0 Å². The summed E-state index contributed by atoms with van der Waals surface area (Å²) in [7, 11) is -3.22. The van der Waals surface area contributed by atoms with Gasteiger partial charge in [-0.15, -0.1) is 0 Å². The molecule has 108 valence electrons. The second-order valence-corrected chi connectivity index (χ2v) is 6.82. The highest BCUT2D eigenvalue weighted by Gasteiger charge is 2.10. The molecule has 1 aromatic rings. The molecule has 0 saturated heterocycles. The molecule has 1 atom stereocenters. The fraction of sp³-hybridized carbons (Fsp3) is 0.538. The van der Waals surface area contributed by atoms with Crippen molar-refractivity contribution in [2.24, 2.45) is 17.6 Å². The molecule has 0 aliphatic carbocycles. The molecule has 6 heteroatoms. The summed E-state index contributed by atoms with van der Waals surface area (Å²) < 4.78 is 24.6. The Kier molecular flexibility index (Phi) is 5.62. The molecule has 1 unspecified atom stereocenters. The number of benzene rings is 1. The summed E-state index contributed by atoms with van der Waals surface area (Å²) in [6.45, 7) is 5.77. The minimum absolute atomic E-state index is 0.425. The minimum Gasteiger partial charge on any atom is -0.385 e. The molecule has 0 radical (unpaired) electrons. The van der Waals surface area contributed by atoms with Crippen molar-refractivity contribution >= 4 is 21.4 Å². The molecular formula is C13H23N3O2S. The van der Waals surface area contributed by atoms with Crippen molar-refractivity contribution in [1.29, 1.82) is 0 Å². The van der Waals surface area contributed by atoms with Crippen molar-refractivity contribution in [3.63, 3.8) is 0 Å². The van der Waals surface area contributed by atoms with Gasteiger partial charge in [0.05, 0.1) is 6.26 Å². The van der Waals surface area contributed by atoms with Crippen molar-refractivity contribution < 1.29 is 8.42 Å². The third-order valence-corrected chi connectivity index (χ3v) is 3.61. The Morgan fingerprint density at radius 1 is 1.16 bits per heavy atom. The zero-order chi connectivity index (χ0) is 14.5. The number of nitrogens with one attached hydrogen (secondary N) is 2. The quantitative estimate of drug-likeness (QED) is 0.712. The molecule has 19 heavy (non-hydrogen) atoms. The van der Waals surface area contributed by atoms with Crippen LogP contribution in [0.4, 0.5) is 11.4 Å². The van der Waals surface area contributed by atoms with Crippen molar-refractivity contribution in [3.8, 4) is 0 Å². The molecule has 4 N–H and O–H groups in total. The Hall–Kier alpha value is -1.27. The van der Waals surface area contributed by atoms with Crippen LogP contribution in [-0.4, -0.2) is 27.8 Å². The Labute approximate surface area is 115 Å². The first-order chi connectivity index (χ1) is 8.81. The number of anilines is 2. The Balaban J connectivity index is 2.57. The van der Waals surface area contributed by atoms with Gasteiger partial charge in [-0.2, -0.15) is 0 Å².